The maximum absolute atomic E-state index is 10.9. The van der Waals surface area contributed by atoms with Crippen LogP contribution in [0, 0.1) is 22.5 Å². The maximum Gasteiger partial charge on any atom is 0.311 e. The quantitative estimate of drug-likeness (QED) is 0.564. The number of nitrogens with zero attached hydrogens (tertiary/aromatic N) is 2. The molecule has 1 rings (SSSR count). The molecule has 0 atom stereocenters. The van der Waals surface area contributed by atoms with Crippen molar-refractivity contribution in [1.29, 1.82) is 0 Å². The van der Waals surface area contributed by atoms with E-state index in [1.54, 1.807) is 13.0 Å². The third-order valence-electron chi connectivity index (χ3n) is 3.32. The van der Waals surface area contributed by atoms with Gasteiger partial charge in [0.1, 0.15) is 0 Å². The Balaban J connectivity index is 2.61. The van der Waals surface area contributed by atoms with Crippen molar-refractivity contribution in [2.45, 2.75) is 40.0 Å². The van der Waals surface area contributed by atoms with E-state index < -0.39 is 10.9 Å². The van der Waals surface area contributed by atoms with Crippen molar-refractivity contribution in [1.82, 2.24) is 4.98 Å². The summed E-state index contributed by atoms with van der Waals surface area (Å²) in [5.74, 6) is -0.555. The van der Waals surface area contributed by atoms with Crippen molar-refractivity contribution < 1.29 is 14.8 Å². The Labute approximate surface area is 123 Å². The Hall–Kier alpha value is -2.18. The van der Waals surface area contributed by atoms with Crippen molar-refractivity contribution >= 4 is 17.5 Å². The lowest BCUT2D eigenvalue weighted by Gasteiger charge is -2.23. The second kappa shape index (κ2) is 7.01. The topological polar surface area (TPSA) is 105 Å². The molecule has 0 saturated heterocycles. The standard InChI is InChI=1S/C14H21N3O4/c1-10-4-5-11(17(20)21)13(16-10)15-9-8-14(2,3)7-6-12(18)19/h4-5H,6-9H2,1-3H3,(H,15,16)(H,18,19). The fraction of sp³-hybridized carbons (Fsp3) is 0.571. The summed E-state index contributed by atoms with van der Waals surface area (Å²) in [6.07, 6.45) is 1.39. The van der Waals surface area contributed by atoms with Crippen LogP contribution in [0.3, 0.4) is 0 Å². The van der Waals surface area contributed by atoms with Crippen molar-refractivity contribution in [3.05, 3.63) is 27.9 Å². The molecule has 1 heterocycles. The van der Waals surface area contributed by atoms with E-state index in [-0.39, 0.29) is 23.3 Å². The zero-order valence-corrected chi connectivity index (χ0v) is 12.5. The van der Waals surface area contributed by atoms with Gasteiger partial charge >= 0.3 is 11.7 Å². The predicted molar refractivity (Wildman–Crippen MR) is 79.4 cm³/mol. The Kier molecular flexibility index (Phi) is 5.63. The fourth-order valence-electron chi connectivity index (χ4n) is 1.92. The van der Waals surface area contributed by atoms with Crippen LogP contribution < -0.4 is 5.32 Å². The highest BCUT2D eigenvalue weighted by Crippen LogP contribution is 2.28. The molecule has 0 aromatic carbocycles. The molecule has 0 unspecified atom stereocenters. The molecule has 0 radical (unpaired) electrons. The lowest BCUT2D eigenvalue weighted by atomic mass is 9.84. The highest BCUT2D eigenvalue weighted by Gasteiger charge is 2.20. The number of rotatable bonds is 8. The minimum Gasteiger partial charge on any atom is -0.481 e. The number of carbonyl (C=O) groups is 1. The first-order valence-electron chi connectivity index (χ1n) is 6.79. The molecule has 0 bridgehead atoms. The Morgan fingerprint density at radius 2 is 2.10 bits per heavy atom. The largest absolute Gasteiger partial charge is 0.481 e. The molecule has 0 saturated carbocycles. The molecule has 0 spiro atoms. The molecule has 7 nitrogen and oxygen atoms in total. The summed E-state index contributed by atoms with van der Waals surface area (Å²) in [6, 6.07) is 3.03. The first-order chi connectivity index (χ1) is 9.71. The third kappa shape index (κ3) is 5.76. The van der Waals surface area contributed by atoms with Gasteiger partial charge in [0.2, 0.25) is 5.82 Å². The van der Waals surface area contributed by atoms with E-state index in [1.165, 1.54) is 6.07 Å². The van der Waals surface area contributed by atoms with Crippen LogP contribution in [0.25, 0.3) is 0 Å². The van der Waals surface area contributed by atoms with Crippen molar-refractivity contribution in [3.8, 4) is 0 Å². The van der Waals surface area contributed by atoms with Crippen LogP contribution in [-0.4, -0.2) is 27.5 Å². The number of pyridine rings is 1. The lowest BCUT2D eigenvalue weighted by Crippen LogP contribution is -2.19. The van der Waals surface area contributed by atoms with E-state index in [0.29, 0.717) is 25.1 Å². The Morgan fingerprint density at radius 3 is 2.67 bits per heavy atom. The molecule has 7 heteroatoms. The smallest absolute Gasteiger partial charge is 0.311 e. The van der Waals surface area contributed by atoms with Gasteiger partial charge in [0.15, 0.2) is 0 Å². The van der Waals surface area contributed by atoms with Gasteiger partial charge in [-0.2, -0.15) is 0 Å². The number of hydrogen-bond acceptors (Lipinski definition) is 5. The summed E-state index contributed by atoms with van der Waals surface area (Å²) in [5.41, 5.74) is 0.501. The van der Waals surface area contributed by atoms with Crippen LogP contribution >= 0.6 is 0 Å². The normalized spacial score (nSPS) is 11.2. The average Bonchev–Trinajstić information content (AvgIpc) is 2.36. The molecule has 2 N–H and O–H groups in total. The summed E-state index contributed by atoms with van der Waals surface area (Å²) in [6.45, 7) is 6.24. The number of aryl methyl sites for hydroxylation is 1. The van der Waals surface area contributed by atoms with Crippen molar-refractivity contribution in [3.63, 3.8) is 0 Å². The second-order valence-corrected chi connectivity index (χ2v) is 5.81. The van der Waals surface area contributed by atoms with Crippen molar-refractivity contribution in [2.75, 3.05) is 11.9 Å². The Bertz CT molecular complexity index is 529. The van der Waals surface area contributed by atoms with E-state index >= 15 is 0 Å². The molecule has 0 aliphatic rings. The van der Waals surface area contributed by atoms with Crippen LogP contribution in [0.4, 0.5) is 11.5 Å². The van der Waals surface area contributed by atoms with Gasteiger partial charge in [-0.15, -0.1) is 0 Å². The predicted octanol–water partition coefficient (Wildman–Crippen LogP) is 2.99. The fourth-order valence-corrected chi connectivity index (χ4v) is 1.92. The number of aliphatic carboxylic acids is 1. The zero-order valence-electron chi connectivity index (χ0n) is 12.5. The molecular weight excluding hydrogens is 274 g/mol. The molecule has 0 aliphatic heterocycles. The second-order valence-electron chi connectivity index (χ2n) is 5.81. The minimum atomic E-state index is -0.813. The number of hydrogen-bond donors (Lipinski definition) is 2. The zero-order chi connectivity index (χ0) is 16.0. The van der Waals surface area contributed by atoms with Gasteiger partial charge in [0.05, 0.1) is 4.92 Å². The van der Waals surface area contributed by atoms with Gasteiger partial charge in [0, 0.05) is 24.7 Å². The molecule has 0 amide bonds. The van der Waals surface area contributed by atoms with Crippen LogP contribution in [0.15, 0.2) is 12.1 Å². The van der Waals surface area contributed by atoms with Gasteiger partial charge in [0.25, 0.3) is 0 Å². The van der Waals surface area contributed by atoms with Crippen molar-refractivity contribution in [2.24, 2.45) is 5.41 Å². The summed E-state index contributed by atoms with van der Waals surface area (Å²) in [4.78, 5) is 25.2. The first-order valence-corrected chi connectivity index (χ1v) is 6.79. The van der Waals surface area contributed by atoms with Crippen LogP contribution in [-0.2, 0) is 4.79 Å². The monoisotopic (exact) mass is 295 g/mol. The molecular formula is C14H21N3O4. The number of carboxylic acid groups (broad SMARTS) is 1. The van der Waals surface area contributed by atoms with Gasteiger partial charge in [-0.05, 0) is 31.2 Å². The lowest BCUT2D eigenvalue weighted by molar-refractivity contribution is -0.384. The summed E-state index contributed by atoms with van der Waals surface area (Å²) in [7, 11) is 0. The number of anilines is 1. The van der Waals surface area contributed by atoms with Crippen LogP contribution in [0.2, 0.25) is 0 Å². The van der Waals surface area contributed by atoms with Crippen LogP contribution in [0.1, 0.15) is 38.8 Å². The molecule has 1 aromatic heterocycles. The summed E-state index contributed by atoms with van der Waals surface area (Å²) < 4.78 is 0. The van der Waals surface area contributed by atoms with E-state index in [2.05, 4.69) is 10.3 Å². The third-order valence-corrected chi connectivity index (χ3v) is 3.32. The van der Waals surface area contributed by atoms with E-state index in [0.717, 1.165) is 0 Å². The van der Waals surface area contributed by atoms with Crippen LogP contribution in [0.5, 0.6) is 0 Å². The highest BCUT2D eigenvalue weighted by atomic mass is 16.6. The van der Waals surface area contributed by atoms with Gasteiger partial charge in [-0.25, -0.2) is 4.98 Å². The molecule has 21 heavy (non-hydrogen) atoms. The number of aromatic nitrogens is 1. The minimum absolute atomic E-state index is 0.0519. The van der Waals surface area contributed by atoms with Gasteiger partial charge < -0.3 is 10.4 Å². The Morgan fingerprint density at radius 1 is 1.43 bits per heavy atom. The molecule has 1 aromatic rings. The molecule has 0 aliphatic carbocycles. The summed E-state index contributed by atoms with van der Waals surface area (Å²) in [5, 5.41) is 22.6. The van der Waals surface area contributed by atoms with Gasteiger partial charge in [-0.3, -0.25) is 14.9 Å². The SMILES string of the molecule is Cc1ccc([N+](=O)[O-])c(NCCC(C)(C)CCC(=O)O)n1. The molecule has 116 valence electrons. The van der Waals surface area contributed by atoms with E-state index in [1.807, 2.05) is 13.8 Å². The number of nitrogens with one attached hydrogen (secondary N) is 1. The number of carboxylic acids is 1. The first kappa shape index (κ1) is 16.9. The molecule has 0 fully saturated rings. The highest BCUT2D eigenvalue weighted by molar-refractivity contribution is 5.66. The maximum atomic E-state index is 10.9. The average molecular weight is 295 g/mol. The number of nitro groups is 1. The summed E-state index contributed by atoms with van der Waals surface area (Å²) >= 11 is 0. The van der Waals surface area contributed by atoms with E-state index in [9.17, 15) is 14.9 Å². The van der Waals surface area contributed by atoms with E-state index in [4.69, 9.17) is 5.11 Å². The van der Waals surface area contributed by atoms with Gasteiger partial charge in [-0.1, -0.05) is 13.8 Å².